The number of rotatable bonds is 5. The first-order valence-corrected chi connectivity index (χ1v) is 11.1. The minimum atomic E-state index is -4.43. The van der Waals surface area contributed by atoms with E-state index >= 15 is 0 Å². The summed E-state index contributed by atoms with van der Waals surface area (Å²) in [5, 5.41) is 2.75. The van der Waals surface area contributed by atoms with Crippen LogP contribution >= 0.6 is 0 Å². The van der Waals surface area contributed by atoms with Crippen LogP contribution in [-0.4, -0.2) is 33.2 Å². The van der Waals surface area contributed by atoms with Crippen LogP contribution in [0.3, 0.4) is 0 Å². The Bertz CT molecular complexity index is 1030. The second-order valence-corrected chi connectivity index (χ2v) is 9.95. The molecule has 0 saturated carbocycles. The number of hydrogen-bond donors (Lipinski definition) is 1. The van der Waals surface area contributed by atoms with Crippen molar-refractivity contribution in [1.29, 1.82) is 0 Å². The number of benzene rings is 2. The molecule has 0 aliphatic carbocycles. The van der Waals surface area contributed by atoms with Gasteiger partial charge in [0.05, 0.1) is 17.0 Å². The molecule has 1 amide bonds. The van der Waals surface area contributed by atoms with Crippen LogP contribution in [0.15, 0.2) is 48.5 Å². The molecule has 30 heavy (non-hydrogen) atoms. The lowest BCUT2D eigenvalue weighted by Crippen LogP contribution is -2.36. The number of carbonyl (C=O) groups is 1. The average Bonchev–Trinajstić information content (AvgIpc) is 3.05. The van der Waals surface area contributed by atoms with Crippen LogP contribution in [0.25, 0.3) is 0 Å². The number of amides is 1. The summed E-state index contributed by atoms with van der Waals surface area (Å²) < 4.78 is 64.2. The summed E-state index contributed by atoms with van der Waals surface area (Å²) in [7, 11) is -3.29. The van der Waals surface area contributed by atoms with Crippen LogP contribution in [-0.2, 0) is 21.6 Å². The van der Waals surface area contributed by atoms with Crippen LogP contribution in [0.2, 0.25) is 0 Å². The number of nitrogens with zero attached hydrogens (tertiary/aromatic N) is 1. The van der Waals surface area contributed by atoms with Crippen molar-refractivity contribution in [2.24, 2.45) is 0 Å². The topological polar surface area (TPSA) is 66.5 Å². The van der Waals surface area contributed by atoms with Gasteiger partial charge in [-0.2, -0.15) is 13.2 Å². The fourth-order valence-corrected chi connectivity index (χ4v) is 4.89. The number of carbonyl (C=O) groups excluding carboxylic acids is 1. The molecule has 0 atom stereocenters. The van der Waals surface area contributed by atoms with Gasteiger partial charge in [0.15, 0.2) is 0 Å². The van der Waals surface area contributed by atoms with Crippen molar-refractivity contribution in [2.45, 2.75) is 31.9 Å². The van der Waals surface area contributed by atoms with E-state index in [4.69, 9.17) is 0 Å². The van der Waals surface area contributed by atoms with E-state index in [2.05, 4.69) is 5.32 Å². The molecule has 0 bridgehead atoms. The Labute approximate surface area is 173 Å². The molecule has 1 saturated heterocycles. The third-order valence-electron chi connectivity index (χ3n) is 5.18. The Morgan fingerprint density at radius 1 is 1.07 bits per heavy atom. The number of anilines is 1. The second-order valence-electron chi connectivity index (χ2n) is 7.93. The minimum absolute atomic E-state index is 0.111. The van der Waals surface area contributed by atoms with Gasteiger partial charge in [0.2, 0.25) is 10.0 Å². The molecule has 5 nitrogen and oxygen atoms in total. The largest absolute Gasteiger partial charge is 0.416 e. The van der Waals surface area contributed by atoms with Crippen molar-refractivity contribution in [2.75, 3.05) is 23.1 Å². The zero-order valence-corrected chi connectivity index (χ0v) is 17.5. The average molecular weight is 440 g/mol. The van der Waals surface area contributed by atoms with Crippen molar-refractivity contribution in [3.05, 3.63) is 65.2 Å². The molecule has 2 aromatic rings. The highest BCUT2D eigenvalue weighted by atomic mass is 32.2. The predicted octanol–water partition coefficient (Wildman–Crippen LogP) is 3.95. The van der Waals surface area contributed by atoms with Gasteiger partial charge in [-0.25, -0.2) is 8.42 Å². The molecule has 162 valence electrons. The van der Waals surface area contributed by atoms with E-state index in [1.807, 2.05) is 0 Å². The van der Waals surface area contributed by atoms with Crippen molar-refractivity contribution in [1.82, 2.24) is 5.32 Å². The molecular weight excluding hydrogens is 417 g/mol. The summed E-state index contributed by atoms with van der Waals surface area (Å²) in [4.78, 5) is 12.5. The summed E-state index contributed by atoms with van der Waals surface area (Å²) >= 11 is 0. The molecule has 0 radical (unpaired) electrons. The van der Waals surface area contributed by atoms with Gasteiger partial charge in [0, 0.05) is 24.1 Å². The number of alkyl halides is 3. The van der Waals surface area contributed by atoms with Crippen LogP contribution in [0, 0.1) is 0 Å². The van der Waals surface area contributed by atoms with Crippen molar-refractivity contribution in [3.8, 4) is 0 Å². The first-order chi connectivity index (χ1) is 13.9. The second kappa shape index (κ2) is 7.94. The molecule has 9 heteroatoms. The zero-order valence-electron chi connectivity index (χ0n) is 16.7. The van der Waals surface area contributed by atoms with E-state index in [9.17, 15) is 26.4 Å². The van der Waals surface area contributed by atoms with Crippen molar-refractivity contribution < 1.29 is 26.4 Å². The van der Waals surface area contributed by atoms with Crippen LogP contribution in [0.5, 0.6) is 0 Å². The molecule has 3 rings (SSSR count). The lowest BCUT2D eigenvalue weighted by Gasteiger charge is -2.26. The van der Waals surface area contributed by atoms with E-state index in [1.165, 1.54) is 22.5 Å². The summed E-state index contributed by atoms with van der Waals surface area (Å²) in [5.74, 6) is -0.272. The maximum atomic E-state index is 13.0. The van der Waals surface area contributed by atoms with Gasteiger partial charge >= 0.3 is 6.18 Å². The summed E-state index contributed by atoms with van der Waals surface area (Å²) in [6.07, 6.45) is -3.87. The Morgan fingerprint density at radius 2 is 1.70 bits per heavy atom. The lowest BCUT2D eigenvalue weighted by atomic mass is 9.83. The molecular formula is C21H23F3N2O3S. The predicted molar refractivity (Wildman–Crippen MR) is 109 cm³/mol. The lowest BCUT2D eigenvalue weighted by molar-refractivity contribution is -0.137. The number of nitrogens with one attached hydrogen (secondary N) is 1. The fraction of sp³-hybridized carbons (Fsp3) is 0.381. The van der Waals surface area contributed by atoms with Gasteiger partial charge in [0.1, 0.15) is 0 Å². The first kappa shape index (κ1) is 22.1. The smallest absolute Gasteiger partial charge is 0.351 e. The Hall–Kier alpha value is -2.55. The highest BCUT2D eigenvalue weighted by molar-refractivity contribution is 7.93. The molecule has 1 heterocycles. The summed E-state index contributed by atoms with van der Waals surface area (Å²) in [6.45, 7) is 4.06. The quantitative estimate of drug-likeness (QED) is 0.766. The first-order valence-electron chi connectivity index (χ1n) is 9.47. The molecule has 1 aliphatic rings. The van der Waals surface area contributed by atoms with Crippen LogP contribution in [0.1, 0.15) is 41.8 Å². The molecule has 1 fully saturated rings. The maximum absolute atomic E-state index is 13.0. The Morgan fingerprint density at radius 3 is 2.27 bits per heavy atom. The highest BCUT2D eigenvalue weighted by Crippen LogP contribution is 2.32. The molecule has 1 N–H and O–H groups in total. The zero-order chi connectivity index (χ0) is 22.2. The van der Waals surface area contributed by atoms with Gasteiger partial charge in [-0.05, 0) is 42.3 Å². The SMILES string of the molecule is CC(C)(CNC(=O)c1ccc(N2CCCS2(=O)=O)cc1)c1cccc(C(F)(F)F)c1. The summed E-state index contributed by atoms with van der Waals surface area (Å²) in [6, 6.07) is 11.3. The van der Waals surface area contributed by atoms with Crippen LogP contribution < -0.4 is 9.62 Å². The highest BCUT2D eigenvalue weighted by Gasteiger charge is 2.32. The van der Waals surface area contributed by atoms with E-state index in [0.29, 0.717) is 29.8 Å². The van der Waals surface area contributed by atoms with E-state index < -0.39 is 27.2 Å². The third kappa shape index (κ3) is 4.77. The normalized spacial score (nSPS) is 16.5. The minimum Gasteiger partial charge on any atom is -0.351 e. The van der Waals surface area contributed by atoms with Gasteiger partial charge in [0.25, 0.3) is 5.91 Å². The van der Waals surface area contributed by atoms with Gasteiger partial charge in [-0.1, -0.05) is 32.0 Å². The third-order valence-corrected chi connectivity index (χ3v) is 7.05. The van der Waals surface area contributed by atoms with Crippen molar-refractivity contribution in [3.63, 3.8) is 0 Å². The van der Waals surface area contributed by atoms with Gasteiger partial charge in [-0.15, -0.1) is 0 Å². The molecule has 0 aromatic heterocycles. The van der Waals surface area contributed by atoms with Crippen molar-refractivity contribution >= 4 is 21.6 Å². The molecule has 2 aromatic carbocycles. The molecule has 1 aliphatic heterocycles. The number of sulfonamides is 1. The Kier molecular flexibility index (Phi) is 5.86. The van der Waals surface area contributed by atoms with Gasteiger partial charge in [-0.3, -0.25) is 9.10 Å². The van der Waals surface area contributed by atoms with E-state index in [1.54, 1.807) is 32.0 Å². The maximum Gasteiger partial charge on any atom is 0.416 e. The fourth-order valence-electron chi connectivity index (χ4n) is 3.33. The van der Waals surface area contributed by atoms with E-state index in [0.717, 1.165) is 12.1 Å². The summed E-state index contributed by atoms with van der Waals surface area (Å²) in [5.41, 5.74) is -0.136. The standard InChI is InChI=1S/C21H23F3N2O3S/c1-20(2,16-5-3-6-17(13-16)21(22,23)24)14-25-19(27)15-7-9-18(10-8-15)26-11-4-12-30(26,28)29/h3,5-10,13H,4,11-12,14H2,1-2H3,(H,25,27). The van der Waals surface area contributed by atoms with E-state index in [-0.39, 0.29) is 18.2 Å². The Balaban J connectivity index is 1.68. The van der Waals surface area contributed by atoms with Crippen LogP contribution in [0.4, 0.5) is 18.9 Å². The van der Waals surface area contributed by atoms with Gasteiger partial charge < -0.3 is 5.32 Å². The molecule has 0 unspecified atom stereocenters. The monoisotopic (exact) mass is 440 g/mol. The number of hydrogen-bond acceptors (Lipinski definition) is 3. The molecule has 0 spiro atoms. The number of halogens is 3.